The fraction of sp³-hybridized carbons (Fsp3) is 0.263. The maximum Gasteiger partial charge on any atom is 0.255 e. The zero-order chi connectivity index (χ0) is 18.5. The normalized spacial score (nSPS) is 16.2. The van der Waals surface area contributed by atoms with E-state index in [1.807, 2.05) is 18.2 Å². The smallest absolute Gasteiger partial charge is 0.255 e. The lowest BCUT2D eigenvalue weighted by Crippen LogP contribution is -2.16. The minimum absolute atomic E-state index is 0.167. The number of nitrogens with one attached hydrogen (secondary N) is 1. The Morgan fingerprint density at radius 2 is 2.15 bits per heavy atom. The van der Waals surface area contributed by atoms with Crippen molar-refractivity contribution in [1.29, 1.82) is 0 Å². The van der Waals surface area contributed by atoms with Crippen molar-refractivity contribution in [3.63, 3.8) is 0 Å². The Bertz CT molecular complexity index is 890. The van der Waals surface area contributed by atoms with E-state index in [0.717, 1.165) is 30.9 Å². The van der Waals surface area contributed by atoms with Crippen LogP contribution in [0.3, 0.4) is 0 Å². The molecule has 1 saturated heterocycles. The van der Waals surface area contributed by atoms with Gasteiger partial charge >= 0.3 is 0 Å². The van der Waals surface area contributed by atoms with E-state index in [4.69, 9.17) is 9.47 Å². The molecule has 8 heteroatoms. The van der Waals surface area contributed by atoms with Gasteiger partial charge in [-0.05, 0) is 65.7 Å². The van der Waals surface area contributed by atoms with Crippen molar-refractivity contribution >= 4 is 11.6 Å². The summed E-state index contributed by atoms with van der Waals surface area (Å²) in [5.74, 6) is 0.525. The van der Waals surface area contributed by atoms with Crippen molar-refractivity contribution in [3.05, 3.63) is 60.4 Å². The number of carbonyl (C=O) groups is 1. The third kappa shape index (κ3) is 4.29. The number of amides is 1. The predicted molar refractivity (Wildman–Crippen MR) is 98.0 cm³/mol. The molecule has 1 fully saturated rings. The fourth-order valence-corrected chi connectivity index (χ4v) is 2.88. The SMILES string of the molecule is O=C(Nc1cccc(-n2cnnn2)c1)c1ccc(OCC2CCCO2)cc1. The standard InChI is InChI=1S/C19H19N5O3/c25-19(21-15-3-1-4-16(11-15)24-13-20-22-23-24)14-6-8-17(9-7-14)27-12-18-5-2-10-26-18/h1,3-4,6-9,11,13,18H,2,5,10,12H2,(H,21,25). The van der Waals surface area contributed by atoms with Crippen LogP contribution in [0.5, 0.6) is 5.75 Å². The Morgan fingerprint density at radius 3 is 2.89 bits per heavy atom. The van der Waals surface area contributed by atoms with Crippen LogP contribution < -0.4 is 10.1 Å². The number of ether oxygens (including phenoxy) is 2. The second-order valence-electron chi connectivity index (χ2n) is 6.23. The van der Waals surface area contributed by atoms with Crippen LogP contribution in [0.4, 0.5) is 5.69 Å². The fourth-order valence-electron chi connectivity index (χ4n) is 2.88. The van der Waals surface area contributed by atoms with E-state index in [1.165, 1.54) is 11.0 Å². The molecule has 3 aromatic rings. The first-order valence-electron chi connectivity index (χ1n) is 8.77. The van der Waals surface area contributed by atoms with Crippen molar-refractivity contribution in [2.45, 2.75) is 18.9 Å². The highest BCUT2D eigenvalue weighted by Gasteiger charge is 2.16. The van der Waals surface area contributed by atoms with Gasteiger partial charge in [-0.3, -0.25) is 4.79 Å². The molecule has 1 atom stereocenters. The molecule has 2 aromatic carbocycles. The Kier molecular flexibility index (Phi) is 5.06. The summed E-state index contributed by atoms with van der Waals surface area (Å²) < 4.78 is 12.8. The van der Waals surface area contributed by atoms with Gasteiger partial charge in [0, 0.05) is 17.9 Å². The molecule has 27 heavy (non-hydrogen) atoms. The van der Waals surface area contributed by atoms with Crippen LogP contribution in [-0.4, -0.2) is 45.4 Å². The molecule has 4 rings (SSSR count). The minimum Gasteiger partial charge on any atom is -0.491 e. The molecule has 0 aliphatic carbocycles. The van der Waals surface area contributed by atoms with Gasteiger partial charge in [0.05, 0.1) is 11.8 Å². The summed E-state index contributed by atoms with van der Waals surface area (Å²) in [7, 11) is 0. The number of tetrazole rings is 1. The second kappa shape index (κ2) is 7.96. The molecule has 1 N–H and O–H groups in total. The van der Waals surface area contributed by atoms with E-state index in [1.54, 1.807) is 30.3 Å². The molecular formula is C19H19N5O3. The second-order valence-corrected chi connectivity index (χ2v) is 6.23. The van der Waals surface area contributed by atoms with E-state index in [-0.39, 0.29) is 12.0 Å². The van der Waals surface area contributed by atoms with Crippen molar-refractivity contribution in [2.24, 2.45) is 0 Å². The number of nitrogens with zero attached hydrogens (tertiary/aromatic N) is 4. The summed E-state index contributed by atoms with van der Waals surface area (Å²) in [6.07, 6.45) is 3.78. The van der Waals surface area contributed by atoms with E-state index in [0.29, 0.717) is 17.9 Å². The molecule has 1 amide bonds. The lowest BCUT2D eigenvalue weighted by Gasteiger charge is -2.12. The summed E-state index contributed by atoms with van der Waals surface area (Å²) in [5.41, 5.74) is 1.97. The summed E-state index contributed by atoms with van der Waals surface area (Å²) in [5, 5.41) is 13.9. The van der Waals surface area contributed by atoms with Crippen LogP contribution >= 0.6 is 0 Å². The number of hydrogen-bond acceptors (Lipinski definition) is 6. The van der Waals surface area contributed by atoms with E-state index >= 15 is 0 Å². The molecule has 1 aromatic heterocycles. The molecule has 0 saturated carbocycles. The maximum atomic E-state index is 12.5. The molecule has 0 radical (unpaired) electrons. The van der Waals surface area contributed by atoms with Gasteiger partial charge < -0.3 is 14.8 Å². The van der Waals surface area contributed by atoms with E-state index < -0.39 is 0 Å². The minimum atomic E-state index is -0.199. The van der Waals surface area contributed by atoms with E-state index in [2.05, 4.69) is 20.8 Å². The number of aromatic nitrogens is 4. The molecule has 2 heterocycles. The molecule has 1 unspecified atom stereocenters. The third-order valence-electron chi connectivity index (χ3n) is 4.29. The topological polar surface area (TPSA) is 91.2 Å². The average molecular weight is 365 g/mol. The lowest BCUT2D eigenvalue weighted by molar-refractivity contribution is 0.0679. The quantitative estimate of drug-likeness (QED) is 0.722. The number of rotatable bonds is 6. The molecule has 8 nitrogen and oxygen atoms in total. The first-order chi connectivity index (χ1) is 13.3. The number of hydrogen-bond donors (Lipinski definition) is 1. The van der Waals surface area contributed by atoms with Gasteiger partial charge in [-0.1, -0.05) is 6.07 Å². The van der Waals surface area contributed by atoms with Crippen LogP contribution in [0, 0.1) is 0 Å². The number of carbonyl (C=O) groups excluding carboxylic acids is 1. The van der Waals surface area contributed by atoms with Gasteiger partial charge in [-0.25, -0.2) is 4.68 Å². The zero-order valence-electron chi connectivity index (χ0n) is 14.6. The van der Waals surface area contributed by atoms with Gasteiger partial charge in [0.15, 0.2) is 0 Å². The summed E-state index contributed by atoms with van der Waals surface area (Å²) in [6.45, 7) is 1.34. The largest absolute Gasteiger partial charge is 0.491 e. The van der Waals surface area contributed by atoms with Gasteiger partial charge in [0.25, 0.3) is 5.91 Å². The van der Waals surface area contributed by atoms with Crippen molar-refractivity contribution in [3.8, 4) is 11.4 Å². The Labute approximate surface area is 156 Å². The third-order valence-corrected chi connectivity index (χ3v) is 4.29. The first-order valence-corrected chi connectivity index (χ1v) is 8.77. The van der Waals surface area contributed by atoms with Crippen LogP contribution in [0.25, 0.3) is 5.69 Å². The number of anilines is 1. The molecule has 138 valence electrons. The van der Waals surface area contributed by atoms with Crippen LogP contribution in [0.1, 0.15) is 23.2 Å². The van der Waals surface area contributed by atoms with Crippen LogP contribution in [0.15, 0.2) is 54.9 Å². The van der Waals surface area contributed by atoms with Gasteiger partial charge in [-0.15, -0.1) is 5.10 Å². The summed E-state index contributed by atoms with van der Waals surface area (Å²) in [6, 6.07) is 14.4. The molecule has 0 bridgehead atoms. The van der Waals surface area contributed by atoms with Gasteiger partial charge in [-0.2, -0.15) is 0 Å². The summed E-state index contributed by atoms with van der Waals surface area (Å²) in [4.78, 5) is 12.5. The predicted octanol–water partition coefficient (Wildman–Crippen LogP) is 2.47. The first kappa shape index (κ1) is 17.2. The Hall–Kier alpha value is -3.26. The lowest BCUT2D eigenvalue weighted by atomic mass is 10.2. The molecule has 1 aliphatic rings. The van der Waals surface area contributed by atoms with Crippen LogP contribution in [0.2, 0.25) is 0 Å². The van der Waals surface area contributed by atoms with E-state index in [9.17, 15) is 4.79 Å². The number of benzene rings is 2. The van der Waals surface area contributed by atoms with Crippen LogP contribution in [-0.2, 0) is 4.74 Å². The van der Waals surface area contributed by atoms with Crippen molar-refractivity contribution in [2.75, 3.05) is 18.5 Å². The van der Waals surface area contributed by atoms with Crippen molar-refractivity contribution in [1.82, 2.24) is 20.2 Å². The highest BCUT2D eigenvalue weighted by molar-refractivity contribution is 6.04. The molecular weight excluding hydrogens is 346 g/mol. The summed E-state index contributed by atoms with van der Waals surface area (Å²) >= 11 is 0. The molecule has 0 spiro atoms. The Morgan fingerprint density at radius 1 is 1.26 bits per heavy atom. The van der Waals surface area contributed by atoms with Crippen molar-refractivity contribution < 1.29 is 14.3 Å². The highest BCUT2D eigenvalue weighted by Crippen LogP contribution is 2.18. The highest BCUT2D eigenvalue weighted by atomic mass is 16.5. The monoisotopic (exact) mass is 365 g/mol. The maximum absolute atomic E-state index is 12.5. The van der Waals surface area contributed by atoms with Gasteiger partial charge in [0.2, 0.25) is 0 Å². The molecule has 1 aliphatic heterocycles. The average Bonchev–Trinajstić information content (AvgIpc) is 3.41. The Balaban J connectivity index is 1.37. The zero-order valence-corrected chi connectivity index (χ0v) is 14.6. The van der Waals surface area contributed by atoms with Gasteiger partial charge in [0.1, 0.15) is 18.7 Å².